The van der Waals surface area contributed by atoms with Gasteiger partial charge in [-0.05, 0) is 0 Å². The number of hydrogen-bond donors (Lipinski definition) is 0. The summed E-state index contributed by atoms with van der Waals surface area (Å²) in [7, 11) is 1.05. The maximum absolute atomic E-state index is 2.35. The van der Waals surface area contributed by atoms with E-state index in [0.29, 0.717) is 10.6 Å². The fraction of sp³-hybridized carbons (Fsp3) is 1.00. The summed E-state index contributed by atoms with van der Waals surface area (Å²) in [5, 5.41) is 0.927. The first-order valence-corrected chi connectivity index (χ1v) is 5.94. The summed E-state index contributed by atoms with van der Waals surface area (Å²) >= 11 is 0. The fourth-order valence-electron chi connectivity index (χ4n) is 2.17. The summed E-state index contributed by atoms with van der Waals surface area (Å²) < 4.78 is 0. The van der Waals surface area contributed by atoms with Gasteiger partial charge in [0, 0.05) is 0 Å². The highest BCUT2D eigenvalue weighted by atomic mass is 31.1. The zero-order chi connectivity index (χ0) is 9.28. The van der Waals surface area contributed by atoms with E-state index in [9.17, 15) is 0 Å². The molecule has 0 rings (SSSR count). The topological polar surface area (TPSA) is 0 Å². The van der Waals surface area contributed by atoms with E-state index >= 15 is 0 Å². The Balaban J connectivity index is 4.43. The van der Waals surface area contributed by atoms with Gasteiger partial charge in [-0.15, -0.1) is 0 Å². The molecule has 0 aromatic heterocycles. The van der Waals surface area contributed by atoms with Crippen LogP contribution in [0.25, 0.3) is 0 Å². The highest BCUT2D eigenvalue weighted by Gasteiger charge is 2.36. The van der Waals surface area contributed by atoms with Crippen molar-refractivity contribution in [1.82, 2.24) is 0 Å². The van der Waals surface area contributed by atoms with E-state index in [-0.39, 0.29) is 0 Å². The molecule has 0 saturated heterocycles. The van der Waals surface area contributed by atoms with Crippen molar-refractivity contribution in [3.8, 4) is 0 Å². The maximum Gasteiger partial charge on any atom is 0.177 e. The molecule has 0 bridgehead atoms. The Kier molecular flexibility index (Phi) is 3.63. The monoisotopic (exact) mass is 172 g/mol. The van der Waals surface area contributed by atoms with E-state index in [4.69, 9.17) is 0 Å². The second-order valence-electron chi connectivity index (χ2n) is 5.45. The molecule has 0 nitrogen and oxygen atoms in total. The van der Waals surface area contributed by atoms with Gasteiger partial charge in [-0.3, -0.25) is 0 Å². The quantitative estimate of drug-likeness (QED) is 0.415. The van der Waals surface area contributed by atoms with E-state index in [0.717, 1.165) is 14.9 Å². The standard InChI is InChI=1S/C9H22BP/c1-8(2,3)10(11-7)9(4,5)6/h11H,1-7H3. The molecule has 0 aliphatic rings. The van der Waals surface area contributed by atoms with Crippen molar-refractivity contribution in [2.45, 2.75) is 52.2 Å². The van der Waals surface area contributed by atoms with Crippen molar-refractivity contribution < 1.29 is 0 Å². The minimum absolute atomic E-state index is 0.464. The van der Waals surface area contributed by atoms with Crippen molar-refractivity contribution >= 4 is 14.9 Å². The van der Waals surface area contributed by atoms with Gasteiger partial charge in [0.1, 0.15) is 0 Å². The molecular formula is C9H22BP. The predicted molar refractivity (Wildman–Crippen MR) is 59.4 cm³/mol. The van der Waals surface area contributed by atoms with Crippen molar-refractivity contribution in [1.29, 1.82) is 0 Å². The third kappa shape index (κ3) is 3.60. The van der Waals surface area contributed by atoms with Crippen molar-refractivity contribution in [3.05, 3.63) is 0 Å². The lowest BCUT2D eigenvalue weighted by atomic mass is 9.40. The van der Waals surface area contributed by atoms with Gasteiger partial charge in [0.15, 0.2) is 6.43 Å². The normalized spacial score (nSPS) is 14.5. The van der Waals surface area contributed by atoms with Crippen molar-refractivity contribution in [3.63, 3.8) is 0 Å². The molecule has 11 heavy (non-hydrogen) atoms. The Hall–Kier alpha value is 0.495. The largest absolute Gasteiger partial charge is 0.177 e. The predicted octanol–water partition coefficient (Wildman–Crippen LogP) is 3.89. The minimum Gasteiger partial charge on any atom is -0.157 e. The molecule has 0 heterocycles. The summed E-state index contributed by atoms with van der Waals surface area (Å²) in [5.41, 5.74) is 0. The molecule has 0 aliphatic heterocycles. The van der Waals surface area contributed by atoms with Gasteiger partial charge in [-0.2, -0.15) is 8.46 Å². The summed E-state index contributed by atoms with van der Waals surface area (Å²) in [6.07, 6.45) is 0.843. The molecule has 1 unspecified atom stereocenters. The van der Waals surface area contributed by atoms with E-state index in [1.54, 1.807) is 0 Å². The Bertz CT molecular complexity index is 105. The fourth-order valence-corrected chi connectivity index (χ4v) is 3.90. The maximum atomic E-state index is 2.35. The molecule has 0 saturated carbocycles. The van der Waals surface area contributed by atoms with Gasteiger partial charge in [-0.1, -0.05) is 58.8 Å². The molecule has 0 radical (unpaired) electrons. The minimum atomic E-state index is 0.464. The first-order valence-electron chi connectivity index (χ1n) is 4.37. The second kappa shape index (κ2) is 3.48. The summed E-state index contributed by atoms with van der Waals surface area (Å²) in [6, 6.07) is 0. The lowest BCUT2D eigenvalue weighted by molar-refractivity contribution is 0.661. The van der Waals surface area contributed by atoms with Gasteiger partial charge >= 0.3 is 0 Å². The molecule has 2 heteroatoms. The van der Waals surface area contributed by atoms with Crippen molar-refractivity contribution in [2.24, 2.45) is 0 Å². The highest BCUT2D eigenvalue weighted by molar-refractivity contribution is 7.76. The molecule has 66 valence electrons. The van der Waals surface area contributed by atoms with Crippen LogP contribution in [0.4, 0.5) is 0 Å². The first-order chi connectivity index (χ1) is 4.69. The van der Waals surface area contributed by atoms with Crippen LogP contribution in [0, 0.1) is 0 Å². The smallest absolute Gasteiger partial charge is 0.157 e. The van der Waals surface area contributed by atoms with E-state index in [1.807, 2.05) is 0 Å². The lowest BCUT2D eigenvalue weighted by Crippen LogP contribution is -2.30. The molecule has 0 N–H and O–H groups in total. The van der Waals surface area contributed by atoms with Crippen LogP contribution >= 0.6 is 8.46 Å². The van der Waals surface area contributed by atoms with Crippen LogP contribution in [0.5, 0.6) is 0 Å². The summed E-state index contributed by atoms with van der Waals surface area (Å²) in [4.78, 5) is 0. The van der Waals surface area contributed by atoms with Crippen LogP contribution in [-0.2, 0) is 0 Å². The Labute approximate surface area is 74.4 Å². The van der Waals surface area contributed by atoms with Crippen molar-refractivity contribution in [2.75, 3.05) is 6.66 Å². The van der Waals surface area contributed by atoms with Crippen LogP contribution in [0.1, 0.15) is 41.5 Å². The van der Waals surface area contributed by atoms with E-state index < -0.39 is 0 Å². The van der Waals surface area contributed by atoms with Crippen LogP contribution in [0.3, 0.4) is 0 Å². The zero-order valence-electron chi connectivity index (χ0n) is 9.08. The molecule has 0 spiro atoms. The lowest BCUT2D eigenvalue weighted by Gasteiger charge is -2.37. The number of rotatable bonds is 1. The Morgan fingerprint density at radius 3 is 1.09 bits per heavy atom. The van der Waals surface area contributed by atoms with Gasteiger partial charge in [-0.25, -0.2) is 0 Å². The third-order valence-corrected chi connectivity index (χ3v) is 4.33. The van der Waals surface area contributed by atoms with Gasteiger partial charge < -0.3 is 0 Å². The zero-order valence-corrected chi connectivity index (χ0v) is 10.1. The van der Waals surface area contributed by atoms with Crippen LogP contribution < -0.4 is 0 Å². The van der Waals surface area contributed by atoms with Crippen LogP contribution in [0.2, 0.25) is 10.6 Å². The Morgan fingerprint density at radius 1 is 0.818 bits per heavy atom. The molecule has 0 aliphatic carbocycles. The number of hydrogen-bond acceptors (Lipinski definition) is 0. The Morgan fingerprint density at radius 2 is 1.09 bits per heavy atom. The molecule has 0 fully saturated rings. The van der Waals surface area contributed by atoms with Crippen LogP contribution in [-0.4, -0.2) is 13.1 Å². The van der Waals surface area contributed by atoms with E-state index in [2.05, 4.69) is 48.2 Å². The molecule has 0 aromatic rings. The third-order valence-electron chi connectivity index (χ3n) is 2.02. The summed E-state index contributed by atoms with van der Waals surface area (Å²) in [6.45, 7) is 16.4. The molecular weight excluding hydrogens is 150 g/mol. The van der Waals surface area contributed by atoms with Gasteiger partial charge in [0.2, 0.25) is 0 Å². The van der Waals surface area contributed by atoms with E-state index in [1.165, 1.54) is 0 Å². The molecule has 0 aromatic carbocycles. The average molecular weight is 172 g/mol. The van der Waals surface area contributed by atoms with Gasteiger partial charge in [0.25, 0.3) is 0 Å². The average Bonchev–Trinajstić information content (AvgIpc) is 1.56. The SMILES string of the molecule is CPB(C(C)(C)C)C(C)(C)C. The second-order valence-corrected chi connectivity index (χ2v) is 6.61. The summed E-state index contributed by atoms with van der Waals surface area (Å²) in [5.74, 6) is 0. The molecule has 1 atom stereocenters. The highest BCUT2D eigenvalue weighted by Crippen LogP contribution is 2.48. The van der Waals surface area contributed by atoms with Gasteiger partial charge in [0.05, 0.1) is 0 Å². The first kappa shape index (κ1) is 11.5. The van der Waals surface area contributed by atoms with Crippen LogP contribution in [0.15, 0.2) is 0 Å². The molecule has 0 amide bonds.